The lowest BCUT2D eigenvalue weighted by Gasteiger charge is -2.42. The van der Waals surface area contributed by atoms with E-state index in [0.717, 1.165) is 6.42 Å². The van der Waals surface area contributed by atoms with Crippen molar-refractivity contribution in [3.8, 4) is 0 Å². The fourth-order valence-corrected chi connectivity index (χ4v) is 3.02. The highest BCUT2D eigenvalue weighted by Gasteiger charge is 2.45. The maximum atomic E-state index is 11.9. The van der Waals surface area contributed by atoms with Crippen LogP contribution in [0.2, 0.25) is 0 Å². The summed E-state index contributed by atoms with van der Waals surface area (Å²) >= 11 is 0. The molecule has 1 fully saturated rings. The highest BCUT2D eigenvalue weighted by molar-refractivity contribution is 5.76. The van der Waals surface area contributed by atoms with Gasteiger partial charge in [-0.15, -0.1) is 0 Å². The number of aliphatic hydroxyl groups is 3. The molecule has 170 valence electrons. The van der Waals surface area contributed by atoms with Crippen LogP contribution in [0.15, 0.2) is 0 Å². The molecule has 1 heterocycles. The van der Waals surface area contributed by atoms with E-state index in [9.17, 15) is 24.9 Å². The average molecular weight is 421 g/mol. The first kappa shape index (κ1) is 25.7. The van der Waals surface area contributed by atoms with Crippen molar-refractivity contribution in [1.29, 1.82) is 0 Å². The molecule has 0 saturated carbocycles. The molecule has 10 heteroatoms. The highest BCUT2D eigenvalue weighted by atomic mass is 16.7. The van der Waals surface area contributed by atoms with Crippen LogP contribution in [0.1, 0.15) is 46.5 Å². The Labute approximate surface area is 171 Å². The minimum absolute atomic E-state index is 0.0356. The van der Waals surface area contributed by atoms with Gasteiger partial charge in [-0.05, 0) is 26.7 Å². The zero-order valence-electron chi connectivity index (χ0n) is 17.7. The van der Waals surface area contributed by atoms with Gasteiger partial charge in [0.15, 0.2) is 6.29 Å². The largest absolute Gasteiger partial charge is 0.394 e. The first-order valence-electron chi connectivity index (χ1n) is 10.0. The lowest BCUT2D eigenvalue weighted by molar-refractivity contribution is -0.270. The van der Waals surface area contributed by atoms with Crippen molar-refractivity contribution in [2.24, 2.45) is 0 Å². The monoisotopic (exact) mass is 420 g/mol. The fraction of sp³-hybridized carbons (Fsp3) is 0.895. The van der Waals surface area contributed by atoms with Crippen LogP contribution >= 0.6 is 0 Å². The summed E-state index contributed by atoms with van der Waals surface area (Å²) in [6.45, 7) is 4.86. The molecule has 2 amide bonds. The molecular formula is C19H36N2O8. The van der Waals surface area contributed by atoms with E-state index >= 15 is 0 Å². The zero-order chi connectivity index (χ0) is 22.0. The Morgan fingerprint density at radius 2 is 1.83 bits per heavy atom. The summed E-state index contributed by atoms with van der Waals surface area (Å²) in [6, 6.07) is -1.01. The van der Waals surface area contributed by atoms with Gasteiger partial charge in [-0.3, -0.25) is 9.59 Å². The van der Waals surface area contributed by atoms with E-state index < -0.39 is 43.2 Å². The molecule has 5 unspecified atom stereocenters. The summed E-state index contributed by atoms with van der Waals surface area (Å²) in [6.07, 6.45) is -2.24. The van der Waals surface area contributed by atoms with Crippen LogP contribution in [-0.2, 0) is 23.8 Å². The second-order valence-corrected chi connectivity index (χ2v) is 7.41. The number of hydrogen-bond acceptors (Lipinski definition) is 8. The van der Waals surface area contributed by atoms with E-state index in [0.29, 0.717) is 19.3 Å². The van der Waals surface area contributed by atoms with Crippen LogP contribution in [0, 0.1) is 0 Å². The van der Waals surface area contributed by atoms with Crippen molar-refractivity contribution in [2.75, 3.05) is 20.3 Å². The SMILES string of the molecule is COC(C)C(C)NC(=O)CCCCCO[C@@H]1OC(CO)[C@H](O)C(O)C1NC(C)=O. The van der Waals surface area contributed by atoms with E-state index in [2.05, 4.69) is 10.6 Å². The number of rotatable bonds is 12. The van der Waals surface area contributed by atoms with Gasteiger partial charge in [0.25, 0.3) is 0 Å². The lowest BCUT2D eigenvalue weighted by Crippen LogP contribution is -2.64. The number of nitrogens with one attached hydrogen (secondary N) is 2. The predicted molar refractivity (Wildman–Crippen MR) is 104 cm³/mol. The molecular weight excluding hydrogens is 384 g/mol. The topological polar surface area (TPSA) is 147 Å². The van der Waals surface area contributed by atoms with Crippen molar-refractivity contribution in [3.05, 3.63) is 0 Å². The molecule has 0 spiro atoms. The van der Waals surface area contributed by atoms with Crippen molar-refractivity contribution in [3.63, 3.8) is 0 Å². The molecule has 0 aliphatic carbocycles. The van der Waals surface area contributed by atoms with E-state index in [4.69, 9.17) is 14.2 Å². The number of amides is 2. The predicted octanol–water partition coefficient (Wildman–Crippen LogP) is -0.953. The first-order chi connectivity index (χ1) is 13.7. The number of carbonyl (C=O) groups is 2. The van der Waals surface area contributed by atoms with E-state index in [1.807, 2.05) is 13.8 Å². The Balaban J connectivity index is 2.35. The van der Waals surface area contributed by atoms with Crippen molar-refractivity contribution in [1.82, 2.24) is 10.6 Å². The maximum absolute atomic E-state index is 11.9. The molecule has 0 aromatic carbocycles. The van der Waals surface area contributed by atoms with Gasteiger partial charge in [-0.1, -0.05) is 6.42 Å². The van der Waals surface area contributed by atoms with E-state index in [1.165, 1.54) is 6.92 Å². The lowest BCUT2D eigenvalue weighted by atomic mass is 9.97. The average Bonchev–Trinajstić information content (AvgIpc) is 2.68. The van der Waals surface area contributed by atoms with Gasteiger partial charge in [0.1, 0.15) is 24.4 Å². The summed E-state index contributed by atoms with van der Waals surface area (Å²) in [5, 5.41) is 34.8. The smallest absolute Gasteiger partial charge is 0.220 e. The van der Waals surface area contributed by atoms with Gasteiger partial charge in [0.2, 0.25) is 11.8 Å². The van der Waals surface area contributed by atoms with Crippen LogP contribution in [0.5, 0.6) is 0 Å². The fourth-order valence-electron chi connectivity index (χ4n) is 3.02. The number of methoxy groups -OCH3 is 1. The highest BCUT2D eigenvalue weighted by Crippen LogP contribution is 2.22. The Kier molecular flexibility index (Phi) is 11.6. The maximum Gasteiger partial charge on any atom is 0.220 e. The molecule has 0 bridgehead atoms. The van der Waals surface area contributed by atoms with Gasteiger partial charge in [0.05, 0.1) is 18.8 Å². The summed E-state index contributed by atoms with van der Waals surface area (Å²) in [4.78, 5) is 23.3. The molecule has 0 radical (unpaired) electrons. The number of hydrogen-bond donors (Lipinski definition) is 5. The van der Waals surface area contributed by atoms with Crippen molar-refractivity contribution in [2.45, 2.75) is 89.2 Å². The Hall–Kier alpha value is -1.30. The van der Waals surface area contributed by atoms with Crippen LogP contribution in [-0.4, -0.2) is 90.2 Å². The third-order valence-corrected chi connectivity index (χ3v) is 5.05. The minimum Gasteiger partial charge on any atom is -0.394 e. The molecule has 1 aliphatic rings. The van der Waals surface area contributed by atoms with Gasteiger partial charge in [-0.2, -0.15) is 0 Å². The van der Waals surface area contributed by atoms with Crippen LogP contribution < -0.4 is 10.6 Å². The molecule has 10 nitrogen and oxygen atoms in total. The van der Waals surface area contributed by atoms with E-state index in [1.54, 1.807) is 7.11 Å². The molecule has 1 saturated heterocycles. The first-order valence-corrected chi connectivity index (χ1v) is 10.0. The summed E-state index contributed by atoms with van der Waals surface area (Å²) in [5.74, 6) is -0.435. The Morgan fingerprint density at radius 3 is 2.41 bits per heavy atom. The van der Waals surface area contributed by atoms with Gasteiger partial charge in [0, 0.05) is 27.1 Å². The van der Waals surface area contributed by atoms with Gasteiger partial charge in [-0.25, -0.2) is 0 Å². The molecule has 7 atom stereocenters. The minimum atomic E-state index is -1.33. The summed E-state index contributed by atoms with van der Waals surface area (Å²) < 4.78 is 16.3. The normalized spacial score (nSPS) is 29.1. The third kappa shape index (κ3) is 8.53. The summed E-state index contributed by atoms with van der Waals surface area (Å²) in [7, 11) is 1.60. The van der Waals surface area contributed by atoms with Crippen LogP contribution in [0.4, 0.5) is 0 Å². The molecule has 0 aromatic heterocycles. The van der Waals surface area contributed by atoms with Crippen molar-refractivity contribution >= 4 is 11.8 Å². The Morgan fingerprint density at radius 1 is 1.14 bits per heavy atom. The summed E-state index contributed by atoms with van der Waals surface area (Å²) in [5.41, 5.74) is 0. The standard InChI is InChI=1S/C19H36N2O8/c1-11(12(2)27-4)20-15(24)8-6-5-7-9-28-19-16(21-13(3)23)18(26)17(25)14(10-22)29-19/h11-12,14,16-19,22,25-26H,5-10H2,1-4H3,(H,20,24)(H,21,23)/t11?,12?,14?,16?,17-,18?,19+/m0/s1. The number of carbonyl (C=O) groups excluding carboxylic acids is 2. The second kappa shape index (κ2) is 13.1. The Bertz CT molecular complexity index is 507. The number of aliphatic hydroxyl groups excluding tert-OH is 3. The van der Waals surface area contributed by atoms with Gasteiger partial charge >= 0.3 is 0 Å². The van der Waals surface area contributed by atoms with Gasteiger partial charge < -0.3 is 40.2 Å². The molecule has 5 N–H and O–H groups in total. The van der Waals surface area contributed by atoms with Crippen LogP contribution in [0.25, 0.3) is 0 Å². The molecule has 0 aromatic rings. The van der Waals surface area contributed by atoms with Crippen molar-refractivity contribution < 1.29 is 39.1 Å². The van der Waals surface area contributed by atoms with E-state index in [-0.39, 0.29) is 24.7 Å². The number of ether oxygens (including phenoxy) is 3. The zero-order valence-corrected chi connectivity index (χ0v) is 17.7. The van der Waals surface area contributed by atoms with Crippen LogP contribution in [0.3, 0.4) is 0 Å². The number of unbranched alkanes of at least 4 members (excludes halogenated alkanes) is 2. The third-order valence-electron chi connectivity index (χ3n) is 5.05. The second-order valence-electron chi connectivity index (χ2n) is 7.41. The molecule has 1 rings (SSSR count). The molecule has 1 aliphatic heterocycles. The quantitative estimate of drug-likeness (QED) is 0.254. The molecule has 29 heavy (non-hydrogen) atoms.